The van der Waals surface area contributed by atoms with Gasteiger partial charge < -0.3 is 9.80 Å². The summed E-state index contributed by atoms with van der Waals surface area (Å²) in [5.41, 5.74) is 1.06. The zero-order valence-electron chi connectivity index (χ0n) is 16.4. The van der Waals surface area contributed by atoms with Gasteiger partial charge in [-0.05, 0) is 36.1 Å². The van der Waals surface area contributed by atoms with Crippen LogP contribution in [-0.2, 0) is 17.9 Å². The van der Waals surface area contributed by atoms with Gasteiger partial charge in [0.05, 0.1) is 11.4 Å². The van der Waals surface area contributed by atoms with Gasteiger partial charge in [0.25, 0.3) is 5.91 Å². The van der Waals surface area contributed by atoms with E-state index in [1.807, 2.05) is 46.7 Å². The number of hydrogen-bond donors (Lipinski definition) is 0. The molecule has 0 radical (unpaired) electrons. The molecule has 0 atom stereocenters. The fourth-order valence-corrected chi connectivity index (χ4v) is 4.59. The Kier molecular flexibility index (Phi) is 7.38. The summed E-state index contributed by atoms with van der Waals surface area (Å²) >= 11 is 3.07. The van der Waals surface area contributed by atoms with Crippen molar-refractivity contribution in [1.82, 2.24) is 9.80 Å². The maximum Gasteiger partial charge on any atom is 0.264 e. The van der Waals surface area contributed by atoms with Crippen molar-refractivity contribution in [1.29, 1.82) is 0 Å². The number of carbonyl (C=O) groups is 2. The molecule has 2 amide bonds. The summed E-state index contributed by atoms with van der Waals surface area (Å²) < 4.78 is 0. The van der Waals surface area contributed by atoms with Gasteiger partial charge in [-0.2, -0.15) is 0 Å². The van der Waals surface area contributed by atoms with Crippen LogP contribution < -0.4 is 0 Å². The normalized spacial score (nSPS) is 10.5. The zero-order chi connectivity index (χ0) is 20.6. The van der Waals surface area contributed by atoms with Crippen LogP contribution in [0.1, 0.15) is 25.0 Å². The second-order valence-corrected chi connectivity index (χ2v) is 9.02. The molecule has 3 aromatic rings. The van der Waals surface area contributed by atoms with Crippen molar-refractivity contribution in [3.05, 3.63) is 92.8 Å². The summed E-state index contributed by atoms with van der Waals surface area (Å²) in [7, 11) is 0. The van der Waals surface area contributed by atoms with Gasteiger partial charge in [-0.3, -0.25) is 9.59 Å². The largest absolute Gasteiger partial charge is 0.332 e. The van der Waals surface area contributed by atoms with Crippen molar-refractivity contribution >= 4 is 34.5 Å². The van der Waals surface area contributed by atoms with Gasteiger partial charge in [0.2, 0.25) is 5.91 Å². The molecule has 6 heteroatoms. The van der Waals surface area contributed by atoms with E-state index in [9.17, 15) is 9.59 Å². The molecule has 2 aromatic heterocycles. The highest BCUT2D eigenvalue weighted by atomic mass is 32.1. The van der Waals surface area contributed by atoms with Gasteiger partial charge >= 0.3 is 0 Å². The number of rotatable bonds is 9. The number of amides is 2. The van der Waals surface area contributed by atoms with Gasteiger partial charge in [-0.25, -0.2) is 0 Å². The second-order valence-electron chi connectivity index (χ2n) is 6.70. The lowest BCUT2D eigenvalue weighted by atomic mass is 10.2. The summed E-state index contributed by atoms with van der Waals surface area (Å²) in [4.78, 5) is 32.4. The van der Waals surface area contributed by atoms with E-state index >= 15 is 0 Å². The molecule has 0 bridgehead atoms. The van der Waals surface area contributed by atoms with Crippen molar-refractivity contribution < 1.29 is 9.59 Å². The van der Waals surface area contributed by atoms with E-state index in [0.717, 1.165) is 10.4 Å². The van der Waals surface area contributed by atoms with Crippen molar-refractivity contribution in [2.24, 2.45) is 0 Å². The van der Waals surface area contributed by atoms with Crippen LogP contribution in [0.3, 0.4) is 0 Å². The first-order valence-corrected chi connectivity index (χ1v) is 11.1. The zero-order valence-corrected chi connectivity index (χ0v) is 18.0. The summed E-state index contributed by atoms with van der Waals surface area (Å²) in [6.45, 7) is 7.20. The number of thiophene rings is 2. The van der Waals surface area contributed by atoms with Crippen LogP contribution in [0.15, 0.2) is 72.6 Å². The van der Waals surface area contributed by atoms with E-state index in [-0.39, 0.29) is 18.4 Å². The molecule has 2 heterocycles. The first kappa shape index (κ1) is 21.0. The van der Waals surface area contributed by atoms with E-state index in [1.165, 1.54) is 16.2 Å². The Labute approximate surface area is 179 Å². The minimum atomic E-state index is -0.139. The maximum absolute atomic E-state index is 13.2. The van der Waals surface area contributed by atoms with Gasteiger partial charge in [0, 0.05) is 22.8 Å². The van der Waals surface area contributed by atoms with E-state index < -0.39 is 0 Å². The lowest BCUT2D eigenvalue weighted by Gasteiger charge is -2.27. The van der Waals surface area contributed by atoms with Crippen LogP contribution in [0.2, 0.25) is 0 Å². The number of aryl methyl sites for hydroxylation is 1. The Hall–Kier alpha value is -2.70. The van der Waals surface area contributed by atoms with Crippen LogP contribution in [0.4, 0.5) is 0 Å². The van der Waals surface area contributed by atoms with E-state index in [1.54, 1.807) is 28.4 Å². The molecule has 0 N–H and O–H groups in total. The third-order valence-corrected chi connectivity index (χ3v) is 6.25. The van der Waals surface area contributed by atoms with Crippen molar-refractivity contribution in [3.63, 3.8) is 0 Å². The van der Waals surface area contributed by atoms with Crippen molar-refractivity contribution in [2.75, 3.05) is 13.1 Å². The molecule has 3 rings (SSSR count). The number of carbonyl (C=O) groups excluding carboxylic acids is 2. The van der Waals surface area contributed by atoms with Gasteiger partial charge in [-0.15, -0.1) is 29.3 Å². The smallest absolute Gasteiger partial charge is 0.264 e. The highest BCUT2D eigenvalue weighted by Gasteiger charge is 2.23. The third kappa shape index (κ3) is 5.89. The molecule has 1 aromatic carbocycles. The van der Waals surface area contributed by atoms with Gasteiger partial charge in [0.15, 0.2) is 0 Å². The molecular weight excluding hydrogens is 400 g/mol. The van der Waals surface area contributed by atoms with E-state index in [0.29, 0.717) is 24.5 Å². The fraction of sp³-hybridized carbons (Fsp3) is 0.217. The fourth-order valence-electron chi connectivity index (χ4n) is 2.99. The lowest BCUT2D eigenvalue weighted by molar-refractivity contribution is -0.133. The minimum absolute atomic E-state index is 0.0277. The van der Waals surface area contributed by atoms with E-state index in [2.05, 4.69) is 25.6 Å². The molecule has 0 spiro atoms. The highest BCUT2D eigenvalue weighted by Crippen LogP contribution is 2.19. The monoisotopic (exact) mass is 424 g/mol. The average molecular weight is 425 g/mol. The number of nitrogens with zero attached hydrogens (tertiary/aromatic N) is 2. The number of benzene rings is 1. The van der Waals surface area contributed by atoms with Crippen LogP contribution >= 0.6 is 22.7 Å². The Morgan fingerprint density at radius 1 is 1.00 bits per heavy atom. The van der Waals surface area contributed by atoms with Crippen LogP contribution in [0, 0.1) is 6.92 Å². The highest BCUT2D eigenvalue weighted by molar-refractivity contribution is 7.12. The summed E-state index contributed by atoms with van der Waals surface area (Å²) in [5, 5.41) is 1.86. The first-order valence-electron chi connectivity index (χ1n) is 9.37. The second kappa shape index (κ2) is 10.2. The molecule has 0 aliphatic carbocycles. The maximum atomic E-state index is 13.2. The lowest BCUT2D eigenvalue weighted by Crippen LogP contribution is -2.42. The predicted octanol–water partition coefficient (Wildman–Crippen LogP) is 4.98. The van der Waals surface area contributed by atoms with E-state index in [4.69, 9.17) is 0 Å². The molecule has 150 valence electrons. The Balaban J connectivity index is 1.77. The average Bonchev–Trinajstić information content (AvgIpc) is 3.39. The minimum Gasteiger partial charge on any atom is -0.332 e. The molecule has 0 unspecified atom stereocenters. The standard InChI is InChI=1S/C23H24N2O2S2/c1-3-13-24(23(27)21-10-7-14-28-21)17-22(26)25(15-19-8-5-4-6-9-19)16-20-12-11-18(2)29-20/h3-12,14H,1,13,15-17H2,2H3. The van der Waals surface area contributed by atoms with Crippen LogP contribution in [-0.4, -0.2) is 34.7 Å². The van der Waals surface area contributed by atoms with Crippen LogP contribution in [0.25, 0.3) is 0 Å². The third-order valence-electron chi connectivity index (χ3n) is 4.41. The molecule has 0 saturated heterocycles. The summed E-state index contributed by atoms with van der Waals surface area (Å²) in [5.74, 6) is -0.216. The topological polar surface area (TPSA) is 40.6 Å². The van der Waals surface area contributed by atoms with Gasteiger partial charge in [-0.1, -0.05) is 42.5 Å². The molecule has 0 saturated carbocycles. The van der Waals surface area contributed by atoms with Crippen molar-refractivity contribution in [2.45, 2.75) is 20.0 Å². The van der Waals surface area contributed by atoms with Gasteiger partial charge in [0.1, 0.15) is 6.54 Å². The number of hydrogen-bond acceptors (Lipinski definition) is 4. The molecule has 0 aliphatic heterocycles. The quantitative estimate of drug-likeness (QED) is 0.455. The Morgan fingerprint density at radius 2 is 1.79 bits per heavy atom. The van der Waals surface area contributed by atoms with Crippen LogP contribution in [0.5, 0.6) is 0 Å². The summed E-state index contributed by atoms with van der Waals surface area (Å²) in [6, 6.07) is 17.7. The molecular formula is C23H24N2O2S2. The predicted molar refractivity (Wildman–Crippen MR) is 120 cm³/mol. The SMILES string of the molecule is C=CCN(CC(=O)N(Cc1ccccc1)Cc1ccc(C)s1)C(=O)c1cccs1. The molecule has 4 nitrogen and oxygen atoms in total. The Morgan fingerprint density at radius 3 is 2.41 bits per heavy atom. The molecule has 0 aliphatic rings. The molecule has 0 fully saturated rings. The molecule has 29 heavy (non-hydrogen) atoms. The Bertz CT molecular complexity index is 948. The first-order chi connectivity index (χ1) is 14.1. The summed E-state index contributed by atoms with van der Waals surface area (Å²) in [6.07, 6.45) is 1.66. The van der Waals surface area contributed by atoms with Crippen molar-refractivity contribution in [3.8, 4) is 0 Å².